The Hall–Kier alpha value is -1.02. The number of esters is 1. The third-order valence-electron chi connectivity index (χ3n) is 1.74. The van der Waals surface area contributed by atoms with Gasteiger partial charge in [0.15, 0.2) is 3.92 Å². The summed E-state index contributed by atoms with van der Waals surface area (Å²) in [6.07, 6.45) is 0. The molecule has 0 aromatic carbocycles. The van der Waals surface area contributed by atoms with Crippen molar-refractivity contribution in [2.24, 2.45) is 0 Å². The Morgan fingerprint density at radius 3 is 2.80 bits per heavy atom. The van der Waals surface area contributed by atoms with Crippen LogP contribution >= 0.6 is 27.3 Å². The van der Waals surface area contributed by atoms with Gasteiger partial charge in [0.25, 0.3) is 0 Å². The molecule has 82 valence electrons. The van der Waals surface area contributed by atoms with Gasteiger partial charge in [0.1, 0.15) is 11.6 Å². The molecule has 0 N–H and O–H groups in total. The van der Waals surface area contributed by atoms with E-state index in [-0.39, 0.29) is 10.7 Å². The van der Waals surface area contributed by atoms with E-state index in [1.807, 2.05) is 0 Å². The van der Waals surface area contributed by atoms with E-state index >= 15 is 0 Å². The fraction of sp³-hybridized carbons (Fsp3) is 0.429. The van der Waals surface area contributed by atoms with Crippen LogP contribution in [0.1, 0.15) is 18.5 Å². The molecule has 1 rings (SSSR count). The average Bonchev–Trinajstić information content (AvgIpc) is 2.58. The standard InChI is InChI=1S/C7H7BrN2O4S/c1-3(6(11)14-2)4-5(10(12)13)15-7(8)9-4/h3H,1-2H3. The number of nitro groups is 1. The second-order valence-electron chi connectivity index (χ2n) is 2.66. The second-order valence-corrected chi connectivity index (χ2v) is 4.91. The normalized spacial score (nSPS) is 12.2. The zero-order chi connectivity index (χ0) is 11.6. The van der Waals surface area contributed by atoms with Crippen LogP contribution in [0.4, 0.5) is 5.00 Å². The van der Waals surface area contributed by atoms with Crippen molar-refractivity contribution in [2.75, 3.05) is 7.11 Å². The summed E-state index contributed by atoms with van der Waals surface area (Å²) in [5, 5.41) is 10.5. The zero-order valence-electron chi connectivity index (χ0n) is 7.89. The highest BCUT2D eigenvalue weighted by atomic mass is 79.9. The number of aromatic nitrogens is 1. The quantitative estimate of drug-likeness (QED) is 0.484. The predicted octanol–water partition coefficient (Wildman–Crippen LogP) is 2.09. The Morgan fingerprint density at radius 1 is 1.73 bits per heavy atom. The van der Waals surface area contributed by atoms with Gasteiger partial charge in [-0.25, -0.2) is 4.98 Å². The number of methoxy groups -OCH3 is 1. The summed E-state index contributed by atoms with van der Waals surface area (Å²) in [6, 6.07) is 0. The fourth-order valence-electron chi connectivity index (χ4n) is 0.999. The van der Waals surface area contributed by atoms with Gasteiger partial charge >= 0.3 is 11.0 Å². The molecule has 6 nitrogen and oxygen atoms in total. The molecule has 0 fully saturated rings. The average molecular weight is 295 g/mol. The van der Waals surface area contributed by atoms with Gasteiger partial charge in [0.05, 0.1) is 12.0 Å². The molecular weight excluding hydrogens is 288 g/mol. The maximum atomic E-state index is 11.2. The topological polar surface area (TPSA) is 82.3 Å². The SMILES string of the molecule is COC(=O)C(C)c1nc(Br)sc1[N+](=O)[O-]. The van der Waals surface area contributed by atoms with Crippen molar-refractivity contribution in [2.45, 2.75) is 12.8 Å². The smallest absolute Gasteiger partial charge is 0.348 e. The molecule has 0 amide bonds. The van der Waals surface area contributed by atoms with E-state index in [0.29, 0.717) is 3.92 Å². The molecule has 1 aromatic rings. The lowest BCUT2D eigenvalue weighted by Crippen LogP contribution is -2.12. The molecule has 0 aliphatic rings. The third kappa shape index (κ3) is 2.51. The molecule has 1 aromatic heterocycles. The van der Waals surface area contributed by atoms with Gasteiger partial charge in [-0.3, -0.25) is 14.9 Å². The van der Waals surface area contributed by atoms with Crippen molar-refractivity contribution in [3.63, 3.8) is 0 Å². The number of rotatable bonds is 3. The molecule has 0 radical (unpaired) electrons. The lowest BCUT2D eigenvalue weighted by molar-refractivity contribution is -0.381. The first kappa shape index (κ1) is 12.1. The molecule has 1 unspecified atom stereocenters. The minimum Gasteiger partial charge on any atom is -0.469 e. The maximum absolute atomic E-state index is 11.2. The van der Waals surface area contributed by atoms with Crippen LogP contribution in [0.15, 0.2) is 3.92 Å². The van der Waals surface area contributed by atoms with Crippen LogP contribution in [0, 0.1) is 10.1 Å². The predicted molar refractivity (Wildman–Crippen MR) is 56.9 cm³/mol. The third-order valence-corrected chi connectivity index (χ3v) is 3.21. The lowest BCUT2D eigenvalue weighted by atomic mass is 10.1. The van der Waals surface area contributed by atoms with E-state index in [1.165, 1.54) is 14.0 Å². The number of hydrogen-bond donors (Lipinski definition) is 0. The molecule has 0 aliphatic carbocycles. The maximum Gasteiger partial charge on any atom is 0.348 e. The monoisotopic (exact) mass is 294 g/mol. The minimum absolute atomic E-state index is 0.128. The van der Waals surface area contributed by atoms with E-state index < -0.39 is 16.8 Å². The number of ether oxygens (including phenoxy) is 1. The van der Waals surface area contributed by atoms with Gasteiger partial charge in [-0.1, -0.05) is 0 Å². The van der Waals surface area contributed by atoms with Gasteiger partial charge in [-0.2, -0.15) is 0 Å². The summed E-state index contributed by atoms with van der Waals surface area (Å²) < 4.78 is 4.87. The summed E-state index contributed by atoms with van der Waals surface area (Å²) >= 11 is 3.92. The molecule has 1 atom stereocenters. The summed E-state index contributed by atoms with van der Waals surface area (Å²) in [5.74, 6) is -1.28. The van der Waals surface area contributed by atoms with Gasteiger partial charge in [0.2, 0.25) is 0 Å². The van der Waals surface area contributed by atoms with Crippen LogP contribution in [-0.2, 0) is 9.53 Å². The van der Waals surface area contributed by atoms with Crippen LogP contribution in [0.25, 0.3) is 0 Å². The number of hydrogen-bond acceptors (Lipinski definition) is 6. The number of halogens is 1. The first-order valence-electron chi connectivity index (χ1n) is 3.85. The molecular formula is C7H7BrN2O4S. The Kier molecular flexibility index (Phi) is 3.75. The van der Waals surface area contributed by atoms with Crippen molar-refractivity contribution in [1.29, 1.82) is 0 Å². The van der Waals surface area contributed by atoms with Gasteiger partial charge in [0, 0.05) is 0 Å². The highest BCUT2D eigenvalue weighted by Crippen LogP contribution is 2.35. The van der Waals surface area contributed by atoms with E-state index in [9.17, 15) is 14.9 Å². The van der Waals surface area contributed by atoms with E-state index in [4.69, 9.17) is 0 Å². The molecule has 15 heavy (non-hydrogen) atoms. The zero-order valence-corrected chi connectivity index (χ0v) is 10.3. The van der Waals surface area contributed by atoms with E-state index in [2.05, 4.69) is 25.7 Å². The Morgan fingerprint density at radius 2 is 2.33 bits per heavy atom. The number of carbonyl (C=O) groups excluding carboxylic acids is 1. The van der Waals surface area contributed by atoms with E-state index in [1.54, 1.807) is 0 Å². The van der Waals surface area contributed by atoms with Gasteiger partial charge < -0.3 is 4.74 Å². The number of thiazole rings is 1. The number of carbonyl (C=O) groups is 1. The first-order chi connectivity index (χ1) is 6.97. The summed E-state index contributed by atoms with van der Waals surface area (Å²) in [7, 11) is 1.23. The van der Waals surface area contributed by atoms with Crippen LogP contribution in [-0.4, -0.2) is 23.0 Å². The Labute approximate surface area is 97.5 Å². The Balaban J connectivity index is 3.12. The van der Waals surface area contributed by atoms with Crippen LogP contribution in [0.5, 0.6) is 0 Å². The molecule has 1 heterocycles. The van der Waals surface area contributed by atoms with Crippen molar-refractivity contribution in [1.82, 2.24) is 4.98 Å². The first-order valence-corrected chi connectivity index (χ1v) is 5.46. The highest BCUT2D eigenvalue weighted by Gasteiger charge is 2.29. The van der Waals surface area contributed by atoms with Crippen LogP contribution < -0.4 is 0 Å². The lowest BCUT2D eigenvalue weighted by Gasteiger charge is -2.04. The highest BCUT2D eigenvalue weighted by molar-refractivity contribution is 9.11. The van der Waals surface area contributed by atoms with Crippen molar-refractivity contribution < 1.29 is 14.5 Å². The fourth-order valence-corrected chi connectivity index (χ4v) is 2.35. The molecule has 0 saturated carbocycles. The second kappa shape index (κ2) is 4.67. The van der Waals surface area contributed by atoms with E-state index in [0.717, 1.165) is 11.3 Å². The summed E-state index contributed by atoms with van der Waals surface area (Å²) in [4.78, 5) is 25.2. The summed E-state index contributed by atoms with van der Waals surface area (Å²) in [5.41, 5.74) is 0.128. The molecule has 0 bridgehead atoms. The van der Waals surface area contributed by atoms with Crippen LogP contribution in [0.2, 0.25) is 0 Å². The van der Waals surface area contributed by atoms with Crippen LogP contribution in [0.3, 0.4) is 0 Å². The molecule has 0 spiro atoms. The van der Waals surface area contributed by atoms with Crippen molar-refractivity contribution in [3.8, 4) is 0 Å². The van der Waals surface area contributed by atoms with Gasteiger partial charge in [-0.15, -0.1) is 0 Å². The molecule has 0 saturated heterocycles. The molecule has 8 heteroatoms. The minimum atomic E-state index is -0.738. The van der Waals surface area contributed by atoms with Gasteiger partial charge in [-0.05, 0) is 34.2 Å². The van der Waals surface area contributed by atoms with Crippen molar-refractivity contribution in [3.05, 3.63) is 19.7 Å². The summed E-state index contributed by atoms with van der Waals surface area (Å²) in [6.45, 7) is 1.51. The molecule has 0 aliphatic heterocycles. The Bertz CT molecular complexity index is 406. The van der Waals surface area contributed by atoms with Crippen molar-refractivity contribution >= 4 is 38.2 Å². The number of nitrogens with zero attached hydrogens (tertiary/aromatic N) is 2. The largest absolute Gasteiger partial charge is 0.469 e.